The van der Waals surface area contributed by atoms with Gasteiger partial charge < -0.3 is 19.6 Å². The summed E-state index contributed by atoms with van der Waals surface area (Å²) in [5.41, 5.74) is 0.605. The number of hydrogen-bond donors (Lipinski definition) is 2. The summed E-state index contributed by atoms with van der Waals surface area (Å²) in [5, 5.41) is 12.4. The first-order valence-electron chi connectivity index (χ1n) is 7.98. The predicted molar refractivity (Wildman–Crippen MR) is 100 cm³/mol. The van der Waals surface area contributed by atoms with Gasteiger partial charge in [-0.05, 0) is 43.0 Å². The number of carboxylic acid groups (broad SMARTS) is 1. The number of carbonyl (C=O) groups is 2. The lowest BCUT2D eigenvalue weighted by Crippen LogP contribution is -2.42. The van der Waals surface area contributed by atoms with Gasteiger partial charge in [-0.2, -0.15) is 11.8 Å². The van der Waals surface area contributed by atoms with Crippen molar-refractivity contribution < 1.29 is 23.8 Å². The van der Waals surface area contributed by atoms with E-state index in [0.29, 0.717) is 34.5 Å². The van der Waals surface area contributed by atoms with Crippen LogP contribution in [0.2, 0.25) is 0 Å². The highest BCUT2D eigenvalue weighted by atomic mass is 32.2. The molecule has 7 nitrogen and oxygen atoms in total. The molecule has 1 aromatic carbocycles. The Labute approximate surface area is 154 Å². The van der Waals surface area contributed by atoms with Gasteiger partial charge in [0, 0.05) is 11.5 Å². The molecule has 0 aliphatic carbocycles. The molecule has 1 unspecified atom stereocenters. The smallest absolute Gasteiger partial charge is 0.340 e. The lowest BCUT2D eigenvalue weighted by Gasteiger charge is -2.14. The molecule has 0 spiro atoms. The van der Waals surface area contributed by atoms with Crippen molar-refractivity contribution in [2.24, 2.45) is 0 Å². The van der Waals surface area contributed by atoms with Gasteiger partial charge >= 0.3 is 11.6 Å². The molecule has 0 aliphatic rings. The number of amides is 1. The van der Waals surface area contributed by atoms with Crippen molar-refractivity contribution in [3.05, 3.63) is 39.7 Å². The Kier molecular flexibility index (Phi) is 6.68. The number of aliphatic carboxylic acids is 1. The molecule has 0 fully saturated rings. The maximum absolute atomic E-state index is 12.3. The van der Waals surface area contributed by atoms with E-state index in [0.717, 1.165) is 0 Å². The van der Waals surface area contributed by atoms with Crippen LogP contribution in [0.1, 0.15) is 17.5 Å². The molecule has 2 aromatic rings. The van der Waals surface area contributed by atoms with Gasteiger partial charge in [-0.3, -0.25) is 4.79 Å². The Bertz CT molecular complexity index is 876. The molecule has 140 valence electrons. The molecule has 1 atom stereocenters. The van der Waals surface area contributed by atoms with Gasteiger partial charge in [-0.25, -0.2) is 9.59 Å². The van der Waals surface area contributed by atoms with Crippen LogP contribution in [0.4, 0.5) is 0 Å². The van der Waals surface area contributed by atoms with Crippen molar-refractivity contribution in [2.75, 3.05) is 19.1 Å². The van der Waals surface area contributed by atoms with Crippen LogP contribution in [0.15, 0.2) is 27.4 Å². The normalized spacial score (nSPS) is 12.0. The van der Waals surface area contributed by atoms with E-state index in [-0.39, 0.29) is 12.0 Å². The molecule has 0 saturated carbocycles. The summed E-state index contributed by atoms with van der Waals surface area (Å²) >= 11 is 1.50. The molecule has 2 N–H and O–H groups in total. The molecule has 0 aliphatic heterocycles. The van der Waals surface area contributed by atoms with Gasteiger partial charge in [0.25, 0.3) is 0 Å². The molecule has 1 amide bonds. The maximum atomic E-state index is 12.3. The lowest BCUT2D eigenvalue weighted by molar-refractivity contribution is -0.141. The number of carbonyl (C=O) groups excluding carboxylic acids is 1. The van der Waals surface area contributed by atoms with Gasteiger partial charge in [0.2, 0.25) is 5.91 Å². The van der Waals surface area contributed by atoms with Crippen molar-refractivity contribution in [3.63, 3.8) is 0 Å². The van der Waals surface area contributed by atoms with E-state index in [9.17, 15) is 19.5 Å². The van der Waals surface area contributed by atoms with E-state index in [1.165, 1.54) is 18.9 Å². The van der Waals surface area contributed by atoms with Gasteiger partial charge in [0.1, 0.15) is 17.4 Å². The van der Waals surface area contributed by atoms with Gasteiger partial charge in [0.15, 0.2) is 0 Å². The van der Waals surface area contributed by atoms with Crippen LogP contribution in [0.3, 0.4) is 0 Å². The number of carboxylic acids is 1. The number of methoxy groups -OCH3 is 1. The zero-order valence-corrected chi connectivity index (χ0v) is 15.6. The molecule has 1 heterocycles. The van der Waals surface area contributed by atoms with Crippen molar-refractivity contribution in [1.29, 1.82) is 0 Å². The van der Waals surface area contributed by atoms with E-state index in [2.05, 4.69) is 5.32 Å². The highest BCUT2D eigenvalue weighted by molar-refractivity contribution is 7.98. The second-order valence-electron chi connectivity index (χ2n) is 5.77. The summed E-state index contributed by atoms with van der Waals surface area (Å²) < 4.78 is 10.4. The van der Waals surface area contributed by atoms with E-state index < -0.39 is 23.5 Å². The number of nitrogens with one attached hydrogen (secondary N) is 1. The fourth-order valence-electron chi connectivity index (χ4n) is 2.60. The van der Waals surface area contributed by atoms with E-state index in [4.69, 9.17) is 9.15 Å². The predicted octanol–water partition coefficient (Wildman–Crippen LogP) is 1.98. The van der Waals surface area contributed by atoms with Crippen LogP contribution in [-0.4, -0.2) is 42.1 Å². The molecular formula is C18H21NO6S. The minimum absolute atomic E-state index is 0.217. The number of fused-ring (bicyclic) bond motifs is 1. The minimum atomic E-state index is -1.10. The molecule has 0 saturated heterocycles. The fourth-order valence-corrected chi connectivity index (χ4v) is 3.08. The molecule has 2 rings (SSSR count). The zero-order chi connectivity index (χ0) is 19.3. The summed E-state index contributed by atoms with van der Waals surface area (Å²) in [6.07, 6.45) is 1.94. The van der Waals surface area contributed by atoms with E-state index in [1.807, 2.05) is 6.26 Å². The molecule has 0 bridgehead atoms. The Morgan fingerprint density at radius 1 is 1.38 bits per heavy atom. The van der Waals surface area contributed by atoms with Crippen molar-refractivity contribution in [1.82, 2.24) is 5.32 Å². The van der Waals surface area contributed by atoms with Crippen LogP contribution < -0.4 is 15.7 Å². The van der Waals surface area contributed by atoms with Crippen molar-refractivity contribution in [3.8, 4) is 5.75 Å². The summed E-state index contributed by atoms with van der Waals surface area (Å²) in [4.78, 5) is 35.8. The number of aryl methyl sites for hydroxylation is 1. The molecule has 26 heavy (non-hydrogen) atoms. The van der Waals surface area contributed by atoms with Gasteiger partial charge in [0.05, 0.1) is 19.1 Å². The van der Waals surface area contributed by atoms with Crippen molar-refractivity contribution >= 4 is 34.6 Å². The summed E-state index contributed by atoms with van der Waals surface area (Å²) in [7, 11) is 1.51. The van der Waals surface area contributed by atoms with Crippen LogP contribution in [0, 0.1) is 6.92 Å². The standard InChI is InChI=1S/C18H21NO6S/c1-10-12-5-4-11(24-2)8-15(12)25-18(23)13(10)9-16(20)19-14(17(21)22)6-7-26-3/h4-5,8,14H,6-7,9H2,1-3H3,(H,19,20)(H,21,22). The SMILES string of the molecule is COc1ccc2c(C)c(CC(=O)NC(CCSC)C(=O)O)c(=O)oc2c1. The first-order valence-corrected chi connectivity index (χ1v) is 9.38. The summed E-state index contributed by atoms with van der Waals surface area (Å²) in [6, 6.07) is 4.12. The third-order valence-electron chi connectivity index (χ3n) is 4.08. The average Bonchev–Trinajstić information content (AvgIpc) is 2.61. The van der Waals surface area contributed by atoms with E-state index in [1.54, 1.807) is 25.1 Å². The highest BCUT2D eigenvalue weighted by Gasteiger charge is 2.21. The first kappa shape index (κ1) is 19.8. The molecule has 1 aromatic heterocycles. The third-order valence-corrected chi connectivity index (χ3v) is 4.72. The van der Waals surface area contributed by atoms with Crippen LogP contribution in [0.25, 0.3) is 11.0 Å². The average molecular weight is 379 g/mol. The summed E-state index contributed by atoms with van der Waals surface area (Å²) in [6.45, 7) is 1.73. The molecular weight excluding hydrogens is 358 g/mol. The molecule has 8 heteroatoms. The Balaban J connectivity index is 2.25. The van der Waals surface area contributed by atoms with Gasteiger partial charge in [-0.1, -0.05) is 0 Å². The lowest BCUT2D eigenvalue weighted by atomic mass is 10.0. The quantitative estimate of drug-likeness (QED) is 0.676. The summed E-state index contributed by atoms with van der Waals surface area (Å²) in [5.74, 6) is -0.455. The fraction of sp³-hybridized carbons (Fsp3) is 0.389. The number of hydrogen-bond acceptors (Lipinski definition) is 6. The van der Waals surface area contributed by atoms with Crippen molar-refractivity contribution in [2.45, 2.75) is 25.8 Å². The zero-order valence-electron chi connectivity index (χ0n) is 14.8. The number of rotatable bonds is 8. The Hall–Kier alpha value is -2.48. The topological polar surface area (TPSA) is 106 Å². The van der Waals surface area contributed by atoms with Crippen LogP contribution >= 0.6 is 11.8 Å². The Morgan fingerprint density at radius 3 is 2.73 bits per heavy atom. The van der Waals surface area contributed by atoms with Crippen LogP contribution in [0.5, 0.6) is 5.75 Å². The monoisotopic (exact) mass is 379 g/mol. The number of benzene rings is 1. The van der Waals surface area contributed by atoms with Gasteiger partial charge in [-0.15, -0.1) is 0 Å². The third kappa shape index (κ3) is 4.57. The van der Waals surface area contributed by atoms with Crippen LogP contribution in [-0.2, 0) is 16.0 Å². The minimum Gasteiger partial charge on any atom is -0.497 e. The number of ether oxygens (including phenoxy) is 1. The Morgan fingerprint density at radius 2 is 2.12 bits per heavy atom. The molecule has 0 radical (unpaired) electrons. The largest absolute Gasteiger partial charge is 0.497 e. The number of thioether (sulfide) groups is 1. The van der Waals surface area contributed by atoms with E-state index >= 15 is 0 Å². The highest BCUT2D eigenvalue weighted by Crippen LogP contribution is 2.24. The first-order chi connectivity index (χ1) is 12.4. The maximum Gasteiger partial charge on any atom is 0.340 e. The second kappa shape index (κ2) is 8.75. The second-order valence-corrected chi connectivity index (χ2v) is 6.76.